The number of aliphatic hydroxyl groups excluding tert-OH is 1. The number of nitro benzene ring substituents is 1. The number of aliphatic hydroxyl groups is 1. The van der Waals surface area contributed by atoms with Crippen LogP contribution in [-0.4, -0.2) is 16.6 Å². The molecule has 0 radical (unpaired) electrons. The van der Waals surface area contributed by atoms with Crippen molar-refractivity contribution in [1.29, 1.82) is 0 Å². The van der Waals surface area contributed by atoms with Crippen molar-refractivity contribution in [2.45, 2.75) is 6.04 Å². The van der Waals surface area contributed by atoms with Crippen LogP contribution < -0.4 is 0 Å². The van der Waals surface area contributed by atoms with Gasteiger partial charge in [-0.3, -0.25) is 10.1 Å². The van der Waals surface area contributed by atoms with Gasteiger partial charge < -0.3 is 5.11 Å². The summed E-state index contributed by atoms with van der Waals surface area (Å²) in [5.41, 5.74) is 8.33. The molecule has 0 aliphatic rings. The van der Waals surface area contributed by atoms with Gasteiger partial charge in [0.25, 0.3) is 5.69 Å². The molecule has 1 aromatic carbocycles. The van der Waals surface area contributed by atoms with Crippen LogP contribution in [-0.2, 0) is 0 Å². The van der Waals surface area contributed by atoms with Crippen molar-refractivity contribution in [3.63, 3.8) is 0 Å². The van der Waals surface area contributed by atoms with E-state index in [4.69, 9.17) is 22.2 Å². The Labute approximate surface area is 95.0 Å². The van der Waals surface area contributed by atoms with Gasteiger partial charge in [-0.05, 0) is 17.2 Å². The first kappa shape index (κ1) is 12.3. The highest BCUT2D eigenvalue weighted by molar-refractivity contribution is 6.31. The molecule has 0 saturated carbocycles. The second-order valence-corrected chi connectivity index (χ2v) is 3.27. The van der Waals surface area contributed by atoms with Crippen LogP contribution >= 0.6 is 11.6 Å². The van der Waals surface area contributed by atoms with Crippen molar-refractivity contribution >= 4 is 17.3 Å². The molecule has 0 amide bonds. The summed E-state index contributed by atoms with van der Waals surface area (Å²) in [6.45, 7) is -0.467. The largest absolute Gasteiger partial charge is 0.396 e. The number of nitro groups is 1. The monoisotopic (exact) mass is 242 g/mol. The van der Waals surface area contributed by atoms with Crippen molar-refractivity contribution in [1.82, 2.24) is 0 Å². The molecule has 1 N–H and O–H groups in total. The fourth-order valence-corrected chi connectivity index (χ4v) is 1.40. The minimum atomic E-state index is -0.919. The third-order valence-corrected chi connectivity index (χ3v) is 2.26. The SMILES string of the molecule is [N-]=[N+]=NC(CO)c1cc([N+](=O)[O-])ccc1Cl. The molecule has 1 aromatic rings. The third kappa shape index (κ3) is 2.60. The van der Waals surface area contributed by atoms with Crippen molar-refractivity contribution in [3.8, 4) is 0 Å². The summed E-state index contributed by atoms with van der Waals surface area (Å²) in [5.74, 6) is 0. The van der Waals surface area contributed by atoms with Gasteiger partial charge in [-0.2, -0.15) is 0 Å². The van der Waals surface area contributed by atoms with Crippen LogP contribution in [0.4, 0.5) is 5.69 Å². The Morgan fingerprint density at radius 2 is 2.38 bits per heavy atom. The Morgan fingerprint density at radius 1 is 1.69 bits per heavy atom. The van der Waals surface area contributed by atoms with Crippen molar-refractivity contribution < 1.29 is 10.0 Å². The molecule has 8 heteroatoms. The minimum absolute atomic E-state index is 0.175. The van der Waals surface area contributed by atoms with E-state index in [1.165, 1.54) is 18.2 Å². The number of halogens is 1. The molecule has 0 saturated heterocycles. The topological polar surface area (TPSA) is 112 Å². The third-order valence-electron chi connectivity index (χ3n) is 1.91. The van der Waals surface area contributed by atoms with Gasteiger partial charge in [0.05, 0.1) is 17.6 Å². The lowest BCUT2D eigenvalue weighted by Gasteiger charge is -2.09. The van der Waals surface area contributed by atoms with Crippen LogP contribution in [0.1, 0.15) is 11.6 Å². The van der Waals surface area contributed by atoms with Gasteiger partial charge in [0.15, 0.2) is 0 Å². The van der Waals surface area contributed by atoms with E-state index in [1.807, 2.05) is 0 Å². The van der Waals surface area contributed by atoms with E-state index in [0.29, 0.717) is 0 Å². The van der Waals surface area contributed by atoms with E-state index >= 15 is 0 Å². The predicted octanol–water partition coefficient (Wildman–Crippen LogP) is 2.59. The fraction of sp³-hybridized carbons (Fsp3) is 0.250. The van der Waals surface area contributed by atoms with Crippen LogP contribution in [0.3, 0.4) is 0 Å². The Balaban J connectivity index is 3.24. The number of hydrogen-bond acceptors (Lipinski definition) is 4. The quantitative estimate of drug-likeness (QED) is 0.288. The standard InChI is InChI=1S/C8H7ClN4O3/c9-7-2-1-5(13(15)16)3-6(7)8(4-14)11-12-10/h1-3,8,14H,4H2. The van der Waals surface area contributed by atoms with Gasteiger partial charge in [0.1, 0.15) is 0 Å². The summed E-state index contributed by atoms with van der Waals surface area (Å²) in [4.78, 5) is 12.5. The average Bonchev–Trinajstić information content (AvgIpc) is 2.26. The molecule has 16 heavy (non-hydrogen) atoms. The van der Waals surface area contributed by atoms with E-state index in [-0.39, 0.29) is 16.3 Å². The van der Waals surface area contributed by atoms with Crippen molar-refractivity contribution in [2.24, 2.45) is 5.11 Å². The van der Waals surface area contributed by atoms with E-state index in [2.05, 4.69) is 10.0 Å². The van der Waals surface area contributed by atoms with Crippen molar-refractivity contribution in [2.75, 3.05) is 6.61 Å². The Kier molecular flexibility index (Phi) is 4.07. The zero-order valence-electron chi connectivity index (χ0n) is 7.95. The molecule has 1 rings (SSSR count). The van der Waals surface area contributed by atoms with Gasteiger partial charge in [-0.15, -0.1) is 0 Å². The van der Waals surface area contributed by atoms with Crippen LogP contribution in [0.25, 0.3) is 10.4 Å². The van der Waals surface area contributed by atoms with Gasteiger partial charge in [0.2, 0.25) is 0 Å². The van der Waals surface area contributed by atoms with Gasteiger partial charge in [0, 0.05) is 22.1 Å². The van der Waals surface area contributed by atoms with Crippen LogP contribution in [0.15, 0.2) is 23.3 Å². The number of benzene rings is 1. The van der Waals surface area contributed by atoms with Crippen molar-refractivity contribution in [3.05, 3.63) is 49.3 Å². The molecule has 0 bridgehead atoms. The average molecular weight is 243 g/mol. The van der Waals surface area contributed by atoms with E-state index < -0.39 is 17.6 Å². The van der Waals surface area contributed by atoms with Crippen LogP contribution in [0.5, 0.6) is 0 Å². The maximum absolute atomic E-state index is 10.5. The molecule has 0 fully saturated rings. The Morgan fingerprint density at radius 3 is 2.88 bits per heavy atom. The molecular weight excluding hydrogens is 236 g/mol. The maximum atomic E-state index is 10.5. The van der Waals surface area contributed by atoms with Gasteiger partial charge in [-0.1, -0.05) is 16.7 Å². The number of hydrogen-bond donors (Lipinski definition) is 1. The smallest absolute Gasteiger partial charge is 0.269 e. The summed E-state index contributed by atoms with van der Waals surface area (Å²) in [5, 5.41) is 23.0. The number of rotatable bonds is 4. The first-order valence-corrected chi connectivity index (χ1v) is 4.57. The molecular formula is C8H7ClN4O3. The van der Waals surface area contributed by atoms with Gasteiger partial charge >= 0.3 is 0 Å². The first-order valence-electron chi connectivity index (χ1n) is 4.19. The Hall–Kier alpha value is -1.82. The molecule has 0 aliphatic carbocycles. The molecule has 0 heterocycles. The molecule has 84 valence electrons. The molecule has 0 spiro atoms. The predicted molar refractivity (Wildman–Crippen MR) is 57.1 cm³/mol. The van der Waals surface area contributed by atoms with E-state index in [9.17, 15) is 10.1 Å². The number of non-ortho nitro benzene ring substituents is 1. The molecule has 1 atom stereocenters. The van der Waals surface area contributed by atoms with Crippen LogP contribution in [0.2, 0.25) is 5.02 Å². The second kappa shape index (κ2) is 5.32. The number of nitrogens with zero attached hydrogens (tertiary/aromatic N) is 4. The summed E-state index contributed by atoms with van der Waals surface area (Å²) in [7, 11) is 0. The van der Waals surface area contributed by atoms with E-state index in [1.54, 1.807) is 0 Å². The highest BCUT2D eigenvalue weighted by atomic mass is 35.5. The Bertz CT molecular complexity index is 459. The normalized spacial score (nSPS) is 11.6. The number of azide groups is 1. The molecule has 0 aromatic heterocycles. The summed E-state index contributed by atoms with van der Waals surface area (Å²) in [6, 6.07) is 2.82. The zero-order valence-corrected chi connectivity index (χ0v) is 8.70. The lowest BCUT2D eigenvalue weighted by Crippen LogP contribution is -2.02. The van der Waals surface area contributed by atoms with E-state index in [0.717, 1.165) is 0 Å². The summed E-state index contributed by atoms with van der Waals surface area (Å²) >= 11 is 5.79. The highest BCUT2D eigenvalue weighted by Gasteiger charge is 2.16. The van der Waals surface area contributed by atoms with Gasteiger partial charge in [-0.25, -0.2) is 0 Å². The zero-order chi connectivity index (χ0) is 12.1. The highest BCUT2D eigenvalue weighted by Crippen LogP contribution is 2.29. The summed E-state index contributed by atoms with van der Waals surface area (Å²) in [6.07, 6.45) is 0. The maximum Gasteiger partial charge on any atom is 0.269 e. The molecule has 7 nitrogen and oxygen atoms in total. The fourth-order valence-electron chi connectivity index (χ4n) is 1.16. The second-order valence-electron chi connectivity index (χ2n) is 2.87. The molecule has 0 aliphatic heterocycles. The lowest BCUT2D eigenvalue weighted by atomic mass is 10.1. The molecule has 1 unspecified atom stereocenters. The first-order chi connectivity index (χ1) is 7.60. The lowest BCUT2D eigenvalue weighted by molar-refractivity contribution is -0.384. The minimum Gasteiger partial charge on any atom is -0.396 e. The summed E-state index contributed by atoms with van der Waals surface area (Å²) < 4.78 is 0. The van der Waals surface area contributed by atoms with Crippen LogP contribution in [0, 0.1) is 10.1 Å².